The highest BCUT2D eigenvalue weighted by Gasteiger charge is 1.91. The van der Waals surface area contributed by atoms with Crippen molar-refractivity contribution >= 4 is 6.08 Å². The van der Waals surface area contributed by atoms with Gasteiger partial charge in [0.2, 0.25) is 0 Å². The maximum absolute atomic E-state index is 4.30. The zero-order chi connectivity index (χ0) is 9.68. The van der Waals surface area contributed by atoms with Crippen LogP contribution >= 0.6 is 0 Å². The lowest BCUT2D eigenvalue weighted by Crippen LogP contribution is -2.08. The Labute approximate surface area is 79.7 Å². The third kappa shape index (κ3) is 3.38. The van der Waals surface area contributed by atoms with E-state index < -0.39 is 0 Å². The van der Waals surface area contributed by atoms with Gasteiger partial charge in [-0.05, 0) is 38.6 Å². The molecule has 0 aromatic carbocycles. The van der Waals surface area contributed by atoms with E-state index in [2.05, 4.69) is 29.4 Å². The van der Waals surface area contributed by atoms with Crippen LogP contribution in [0.3, 0.4) is 0 Å². The van der Waals surface area contributed by atoms with Gasteiger partial charge in [-0.15, -0.1) is 0 Å². The SMILES string of the molecule is CNC/C(C)=C/c1ccc(C)cn1. The van der Waals surface area contributed by atoms with Gasteiger partial charge < -0.3 is 5.32 Å². The van der Waals surface area contributed by atoms with Gasteiger partial charge >= 0.3 is 0 Å². The molecule has 1 heterocycles. The fourth-order valence-electron chi connectivity index (χ4n) is 1.15. The maximum atomic E-state index is 4.30. The first-order valence-electron chi connectivity index (χ1n) is 4.47. The molecule has 0 fully saturated rings. The normalized spacial score (nSPS) is 11.8. The number of nitrogens with one attached hydrogen (secondary N) is 1. The largest absolute Gasteiger partial charge is 0.316 e. The first kappa shape index (κ1) is 9.93. The Morgan fingerprint density at radius 3 is 2.85 bits per heavy atom. The lowest BCUT2D eigenvalue weighted by atomic mass is 10.2. The molecule has 1 rings (SSSR count). The number of rotatable bonds is 3. The number of nitrogens with zero attached hydrogens (tertiary/aromatic N) is 1. The van der Waals surface area contributed by atoms with Crippen molar-refractivity contribution in [1.29, 1.82) is 0 Å². The lowest BCUT2D eigenvalue weighted by molar-refractivity contribution is 0.884. The smallest absolute Gasteiger partial charge is 0.0629 e. The van der Waals surface area contributed by atoms with Crippen molar-refractivity contribution in [1.82, 2.24) is 10.3 Å². The first-order valence-corrected chi connectivity index (χ1v) is 4.47. The summed E-state index contributed by atoms with van der Waals surface area (Å²) in [6.45, 7) is 5.05. The maximum Gasteiger partial charge on any atom is 0.0629 e. The molecule has 1 aromatic heterocycles. The van der Waals surface area contributed by atoms with Crippen LogP contribution in [0.5, 0.6) is 0 Å². The monoisotopic (exact) mass is 176 g/mol. The Morgan fingerprint density at radius 2 is 2.31 bits per heavy atom. The minimum absolute atomic E-state index is 0.912. The Bertz CT molecular complexity index is 285. The summed E-state index contributed by atoms with van der Waals surface area (Å²) in [6, 6.07) is 4.11. The summed E-state index contributed by atoms with van der Waals surface area (Å²) in [5.41, 5.74) is 3.51. The van der Waals surface area contributed by atoms with Crippen LogP contribution in [0.4, 0.5) is 0 Å². The second kappa shape index (κ2) is 4.77. The van der Waals surface area contributed by atoms with Crippen molar-refractivity contribution in [2.24, 2.45) is 0 Å². The molecular weight excluding hydrogens is 160 g/mol. The van der Waals surface area contributed by atoms with Crippen molar-refractivity contribution in [3.05, 3.63) is 35.2 Å². The van der Waals surface area contributed by atoms with Crippen molar-refractivity contribution < 1.29 is 0 Å². The van der Waals surface area contributed by atoms with E-state index in [4.69, 9.17) is 0 Å². The van der Waals surface area contributed by atoms with Crippen molar-refractivity contribution in [3.63, 3.8) is 0 Å². The molecule has 13 heavy (non-hydrogen) atoms. The van der Waals surface area contributed by atoms with Gasteiger partial charge in [0.1, 0.15) is 0 Å². The van der Waals surface area contributed by atoms with E-state index in [-0.39, 0.29) is 0 Å². The average molecular weight is 176 g/mol. The second-order valence-corrected chi connectivity index (χ2v) is 3.28. The Balaban J connectivity index is 2.73. The fraction of sp³-hybridized carbons (Fsp3) is 0.364. The number of hydrogen-bond donors (Lipinski definition) is 1. The van der Waals surface area contributed by atoms with Gasteiger partial charge in [0.25, 0.3) is 0 Å². The van der Waals surface area contributed by atoms with Gasteiger partial charge in [0, 0.05) is 12.7 Å². The number of likely N-dealkylation sites (N-methyl/N-ethyl adjacent to an activating group) is 1. The Kier molecular flexibility index (Phi) is 3.65. The van der Waals surface area contributed by atoms with E-state index in [0.717, 1.165) is 12.2 Å². The van der Waals surface area contributed by atoms with Gasteiger partial charge in [0.15, 0.2) is 0 Å². The summed E-state index contributed by atoms with van der Waals surface area (Å²) in [5, 5.41) is 3.10. The third-order valence-corrected chi connectivity index (χ3v) is 1.78. The predicted molar refractivity (Wildman–Crippen MR) is 56.6 cm³/mol. The van der Waals surface area contributed by atoms with Crippen LogP contribution < -0.4 is 5.32 Å². The van der Waals surface area contributed by atoms with Crippen molar-refractivity contribution in [2.45, 2.75) is 13.8 Å². The zero-order valence-corrected chi connectivity index (χ0v) is 8.46. The van der Waals surface area contributed by atoms with Crippen LogP contribution in [0.25, 0.3) is 6.08 Å². The molecule has 0 aliphatic heterocycles. The summed E-state index contributed by atoms with van der Waals surface area (Å²) in [4.78, 5) is 4.30. The molecule has 70 valence electrons. The molecule has 0 aliphatic carbocycles. The summed E-state index contributed by atoms with van der Waals surface area (Å²) < 4.78 is 0. The highest BCUT2D eigenvalue weighted by molar-refractivity contribution is 5.48. The van der Waals surface area contributed by atoms with Crippen molar-refractivity contribution in [3.8, 4) is 0 Å². The summed E-state index contributed by atoms with van der Waals surface area (Å²) in [7, 11) is 1.94. The predicted octanol–water partition coefficient (Wildman–Crippen LogP) is 2.01. The molecule has 0 spiro atoms. The van der Waals surface area contributed by atoms with Gasteiger partial charge in [0.05, 0.1) is 5.69 Å². The molecule has 2 nitrogen and oxygen atoms in total. The third-order valence-electron chi connectivity index (χ3n) is 1.78. The quantitative estimate of drug-likeness (QED) is 0.762. The lowest BCUT2D eigenvalue weighted by Gasteiger charge is -1.99. The number of aromatic nitrogens is 1. The topological polar surface area (TPSA) is 24.9 Å². The highest BCUT2D eigenvalue weighted by atomic mass is 14.8. The van der Waals surface area contributed by atoms with Crippen molar-refractivity contribution in [2.75, 3.05) is 13.6 Å². The molecule has 0 saturated heterocycles. The molecule has 1 aromatic rings. The summed E-state index contributed by atoms with van der Waals surface area (Å²) in [5.74, 6) is 0. The molecule has 0 bridgehead atoms. The van der Waals surface area contributed by atoms with E-state index in [1.54, 1.807) is 0 Å². The number of hydrogen-bond acceptors (Lipinski definition) is 2. The number of pyridine rings is 1. The molecule has 0 aliphatic rings. The van der Waals surface area contributed by atoms with Crippen LogP contribution in [0.1, 0.15) is 18.2 Å². The Hall–Kier alpha value is -1.15. The highest BCUT2D eigenvalue weighted by Crippen LogP contribution is 2.03. The minimum atomic E-state index is 0.912. The van der Waals surface area contributed by atoms with Gasteiger partial charge in [-0.3, -0.25) is 4.98 Å². The summed E-state index contributed by atoms with van der Waals surface area (Å²) >= 11 is 0. The van der Waals surface area contributed by atoms with Crippen LogP contribution in [0.2, 0.25) is 0 Å². The molecule has 1 N–H and O–H groups in total. The van der Waals surface area contributed by atoms with E-state index >= 15 is 0 Å². The molecule has 2 heteroatoms. The number of aryl methyl sites for hydroxylation is 1. The van der Waals surface area contributed by atoms with Crippen LogP contribution in [0, 0.1) is 6.92 Å². The van der Waals surface area contributed by atoms with E-state index in [1.807, 2.05) is 26.2 Å². The van der Waals surface area contributed by atoms with Gasteiger partial charge in [-0.25, -0.2) is 0 Å². The van der Waals surface area contributed by atoms with E-state index in [0.29, 0.717) is 0 Å². The molecule has 0 radical (unpaired) electrons. The van der Waals surface area contributed by atoms with Gasteiger partial charge in [-0.1, -0.05) is 11.6 Å². The van der Waals surface area contributed by atoms with E-state index in [9.17, 15) is 0 Å². The molecule has 0 saturated carbocycles. The van der Waals surface area contributed by atoms with Crippen LogP contribution in [-0.2, 0) is 0 Å². The van der Waals surface area contributed by atoms with Crippen LogP contribution in [0.15, 0.2) is 23.9 Å². The fourth-order valence-corrected chi connectivity index (χ4v) is 1.15. The molecule has 0 amide bonds. The standard InChI is InChI=1S/C11H16N2/c1-9-4-5-11(13-8-9)6-10(2)7-12-3/h4-6,8,12H,7H2,1-3H3/b10-6+. The molecule has 0 atom stereocenters. The van der Waals surface area contributed by atoms with Gasteiger partial charge in [-0.2, -0.15) is 0 Å². The first-order chi connectivity index (χ1) is 6.22. The molecular formula is C11H16N2. The average Bonchev–Trinajstić information content (AvgIpc) is 2.09. The second-order valence-electron chi connectivity index (χ2n) is 3.28. The molecule has 0 unspecified atom stereocenters. The minimum Gasteiger partial charge on any atom is -0.316 e. The summed E-state index contributed by atoms with van der Waals surface area (Å²) in [6.07, 6.45) is 3.98. The van der Waals surface area contributed by atoms with E-state index in [1.165, 1.54) is 11.1 Å². The Morgan fingerprint density at radius 1 is 1.54 bits per heavy atom. The van der Waals surface area contributed by atoms with Crippen LogP contribution in [-0.4, -0.2) is 18.6 Å². The zero-order valence-electron chi connectivity index (χ0n) is 8.46.